The molecular weight excluding hydrogens is 712 g/mol. The number of carbonyl (C=O) groups excluding carboxylic acids is 3. The zero-order valence-corrected chi connectivity index (χ0v) is 30.1. The molecule has 1 saturated heterocycles. The van der Waals surface area contributed by atoms with Crippen molar-refractivity contribution in [2.45, 2.75) is 101 Å². The summed E-state index contributed by atoms with van der Waals surface area (Å²) in [5.74, 6) is -1.55. The summed E-state index contributed by atoms with van der Waals surface area (Å²) in [6.07, 6.45) is -6.49. The highest BCUT2D eigenvalue weighted by molar-refractivity contribution is 5.69. The van der Waals surface area contributed by atoms with Crippen LogP contribution in [0, 0.1) is 0 Å². The van der Waals surface area contributed by atoms with Gasteiger partial charge in [0.15, 0.2) is 12.4 Å². The van der Waals surface area contributed by atoms with Gasteiger partial charge in [0.05, 0.1) is 30.3 Å². The van der Waals surface area contributed by atoms with Crippen LogP contribution in [0.5, 0.6) is 0 Å². The van der Waals surface area contributed by atoms with Crippen molar-refractivity contribution >= 4 is 18.0 Å². The maximum Gasteiger partial charge on any atom is 0.411 e. The van der Waals surface area contributed by atoms with Gasteiger partial charge in [0, 0.05) is 35.1 Å². The Morgan fingerprint density at radius 1 is 0.727 bits per heavy atom. The molecule has 286 valence electrons. The van der Waals surface area contributed by atoms with Crippen molar-refractivity contribution in [3.8, 4) is 0 Å². The van der Waals surface area contributed by atoms with Crippen LogP contribution in [0.3, 0.4) is 0 Å². The summed E-state index contributed by atoms with van der Waals surface area (Å²) in [5, 5.41) is 11.5. The van der Waals surface area contributed by atoms with Crippen molar-refractivity contribution in [3.63, 3.8) is 0 Å². The minimum Gasteiger partial charge on any atom is -0.458 e. The molecule has 0 spiro atoms. The molecule has 5 rings (SSSR count). The smallest absolute Gasteiger partial charge is 0.411 e. The Bertz CT molecular complexity index is 1910. The standard InChI is InChI=1S/C37H40N10O8/c1-23(48)52-33-29(42-45-39)20-30(43-46-40)34(35(33)53-24(2)49)55-36-28(41-44-38)18-19-31(54-36)32(27-16-10-5-11-17-27)47(21-25-12-6-3-7-13-25)37(50)51-22-26-14-8-4-9-15-26/h3-17,28-36H,18-22H2,1-2H3/t28?,29-,30+,31+,32?,33+,34-,35-,36-/m1/s1. The van der Waals surface area contributed by atoms with Gasteiger partial charge in [0.2, 0.25) is 0 Å². The molecule has 3 aromatic carbocycles. The van der Waals surface area contributed by atoms with Gasteiger partial charge in [-0.3, -0.25) is 14.5 Å². The molecule has 18 nitrogen and oxygen atoms in total. The van der Waals surface area contributed by atoms with Crippen LogP contribution in [-0.2, 0) is 46.4 Å². The molecule has 0 radical (unpaired) electrons. The summed E-state index contributed by atoms with van der Waals surface area (Å²) < 4.78 is 30.2. The summed E-state index contributed by atoms with van der Waals surface area (Å²) in [6, 6.07) is 24.0. The molecule has 0 bridgehead atoms. The fourth-order valence-electron chi connectivity index (χ4n) is 6.92. The topological polar surface area (TPSA) is 247 Å². The Kier molecular flexibility index (Phi) is 14.3. The summed E-state index contributed by atoms with van der Waals surface area (Å²) in [6.45, 7) is 2.42. The summed E-state index contributed by atoms with van der Waals surface area (Å²) >= 11 is 0. The molecular formula is C37H40N10O8. The third-order valence-corrected chi connectivity index (χ3v) is 9.22. The van der Waals surface area contributed by atoms with E-state index in [1.165, 1.54) is 0 Å². The van der Waals surface area contributed by atoms with Gasteiger partial charge in [0.25, 0.3) is 0 Å². The molecule has 0 N–H and O–H groups in total. The lowest BCUT2D eigenvalue weighted by Crippen LogP contribution is -2.60. The monoisotopic (exact) mass is 752 g/mol. The predicted molar refractivity (Wildman–Crippen MR) is 195 cm³/mol. The lowest BCUT2D eigenvalue weighted by molar-refractivity contribution is -0.264. The van der Waals surface area contributed by atoms with Gasteiger partial charge in [-0.15, -0.1) is 0 Å². The van der Waals surface area contributed by atoms with E-state index in [0.717, 1.165) is 30.5 Å². The molecule has 2 fully saturated rings. The van der Waals surface area contributed by atoms with E-state index in [1.807, 2.05) is 91.0 Å². The third-order valence-electron chi connectivity index (χ3n) is 9.22. The zero-order valence-electron chi connectivity index (χ0n) is 30.1. The van der Waals surface area contributed by atoms with Gasteiger partial charge in [-0.2, -0.15) is 0 Å². The molecule has 1 heterocycles. The van der Waals surface area contributed by atoms with Crippen molar-refractivity contribution in [1.82, 2.24) is 4.90 Å². The van der Waals surface area contributed by atoms with Crippen LogP contribution < -0.4 is 0 Å². The fourth-order valence-corrected chi connectivity index (χ4v) is 6.92. The molecule has 3 aromatic rings. The van der Waals surface area contributed by atoms with E-state index in [1.54, 1.807) is 4.90 Å². The normalized spacial score (nSPS) is 25.0. The fraction of sp³-hybridized carbons (Fsp3) is 0.432. The number of nitrogens with zero attached hydrogens (tertiary/aromatic N) is 10. The number of amides is 1. The molecule has 1 aliphatic heterocycles. The Morgan fingerprint density at radius 3 is 1.84 bits per heavy atom. The van der Waals surface area contributed by atoms with Gasteiger partial charge < -0.3 is 23.7 Å². The van der Waals surface area contributed by atoms with E-state index in [9.17, 15) is 31.0 Å². The van der Waals surface area contributed by atoms with Gasteiger partial charge in [-0.25, -0.2) is 4.79 Å². The van der Waals surface area contributed by atoms with Crippen molar-refractivity contribution in [2.24, 2.45) is 15.3 Å². The number of esters is 2. The summed E-state index contributed by atoms with van der Waals surface area (Å²) in [5.41, 5.74) is 30.7. The Labute approximate surface area is 316 Å². The minimum absolute atomic E-state index is 0.0169. The molecule has 9 atom stereocenters. The van der Waals surface area contributed by atoms with Crippen LogP contribution in [0.1, 0.15) is 55.8 Å². The molecule has 1 amide bonds. The zero-order chi connectivity index (χ0) is 39.2. The Morgan fingerprint density at radius 2 is 1.25 bits per heavy atom. The lowest BCUT2D eigenvalue weighted by atomic mass is 9.84. The maximum atomic E-state index is 14.2. The quantitative estimate of drug-likeness (QED) is 0.0516. The van der Waals surface area contributed by atoms with E-state index < -0.39 is 72.9 Å². The summed E-state index contributed by atoms with van der Waals surface area (Å²) in [7, 11) is 0. The molecule has 18 heteroatoms. The number of azide groups is 3. The first kappa shape index (κ1) is 39.9. The largest absolute Gasteiger partial charge is 0.458 e. The average Bonchev–Trinajstić information content (AvgIpc) is 3.18. The number of hydrogen-bond acceptors (Lipinski definition) is 11. The molecule has 55 heavy (non-hydrogen) atoms. The third kappa shape index (κ3) is 10.7. The van der Waals surface area contributed by atoms with Gasteiger partial charge in [-0.05, 0) is 52.5 Å². The summed E-state index contributed by atoms with van der Waals surface area (Å²) in [4.78, 5) is 49.2. The lowest BCUT2D eigenvalue weighted by Gasteiger charge is -2.46. The molecule has 2 unspecified atom stereocenters. The second-order valence-corrected chi connectivity index (χ2v) is 12.9. The van der Waals surface area contributed by atoms with Gasteiger partial charge >= 0.3 is 18.0 Å². The number of benzene rings is 3. The first-order chi connectivity index (χ1) is 26.7. The predicted octanol–water partition coefficient (Wildman–Crippen LogP) is 7.76. The van der Waals surface area contributed by atoms with Crippen molar-refractivity contribution in [3.05, 3.63) is 139 Å². The van der Waals surface area contributed by atoms with Crippen LogP contribution in [0.15, 0.2) is 106 Å². The van der Waals surface area contributed by atoms with Crippen LogP contribution in [-0.4, -0.2) is 71.8 Å². The molecule has 0 aromatic heterocycles. The van der Waals surface area contributed by atoms with E-state index >= 15 is 0 Å². The molecule has 1 aliphatic carbocycles. The highest BCUT2D eigenvalue weighted by Gasteiger charge is 2.51. The van der Waals surface area contributed by atoms with Crippen LogP contribution in [0.2, 0.25) is 0 Å². The molecule has 2 aliphatic rings. The first-order valence-electron chi connectivity index (χ1n) is 17.6. The average molecular weight is 753 g/mol. The van der Waals surface area contributed by atoms with Crippen molar-refractivity contribution < 1.29 is 38.1 Å². The Balaban J connectivity index is 1.54. The van der Waals surface area contributed by atoms with Crippen molar-refractivity contribution in [2.75, 3.05) is 0 Å². The van der Waals surface area contributed by atoms with Gasteiger partial charge in [0.1, 0.15) is 18.8 Å². The van der Waals surface area contributed by atoms with Crippen LogP contribution in [0.4, 0.5) is 4.79 Å². The number of hydrogen-bond donors (Lipinski definition) is 0. The minimum atomic E-state index is -1.44. The second-order valence-electron chi connectivity index (χ2n) is 12.9. The second kappa shape index (κ2) is 19.7. The highest BCUT2D eigenvalue weighted by atomic mass is 16.7. The first-order valence-corrected chi connectivity index (χ1v) is 17.6. The van der Waals surface area contributed by atoms with E-state index in [2.05, 4.69) is 30.1 Å². The number of ether oxygens (including phenoxy) is 5. The molecule has 1 saturated carbocycles. The highest BCUT2D eigenvalue weighted by Crippen LogP contribution is 2.39. The number of carbonyl (C=O) groups is 3. The SMILES string of the molecule is CC(=O)O[C@@H]1[C@@H](OC(C)=O)[C@H](N=[N+]=[N-])C[C@H](N=[N+]=[N-])[C@H]1O[C@H]1O[C@H](C(c2ccccc2)N(Cc2ccccc2)C(=O)OCc2ccccc2)CCC1N=[N+]=[N-]. The van der Waals surface area contributed by atoms with E-state index in [-0.39, 0.29) is 26.0 Å². The Hall–Kier alpha value is -6.28. The van der Waals surface area contributed by atoms with Crippen LogP contribution in [0.25, 0.3) is 31.3 Å². The van der Waals surface area contributed by atoms with Crippen molar-refractivity contribution in [1.29, 1.82) is 0 Å². The van der Waals surface area contributed by atoms with E-state index in [4.69, 9.17) is 23.7 Å². The maximum absolute atomic E-state index is 14.2. The van der Waals surface area contributed by atoms with E-state index in [0.29, 0.717) is 6.42 Å². The number of rotatable bonds is 14. The van der Waals surface area contributed by atoms with Crippen LogP contribution >= 0.6 is 0 Å². The van der Waals surface area contributed by atoms with Gasteiger partial charge in [-0.1, -0.05) is 106 Å².